The van der Waals surface area contributed by atoms with E-state index in [0.717, 1.165) is 16.9 Å². The first kappa shape index (κ1) is 16.9. The number of carbonyl (C=O) groups is 1. The quantitative estimate of drug-likeness (QED) is 0.885. The van der Waals surface area contributed by atoms with E-state index in [4.69, 9.17) is 9.47 Å². The van der Waals surface area contributed by atoms with Gasteiger partial charge in [-0.15, -0.1) is 0 Å². The molecule has 0 radical (unpaired) electrons. The molecule has 4 nitrogen and oxygen atoms in total. The van der Waals surface area contributed by atoms with Crippen molar-refractivity contribution in [3.63, 3.8) is 0 Å². The molecule has 0 fully saturated rings. The van der Waals surface area contributed by atoms with Crippen LogP contribution < -0.4 is 14.8 Å². The molecule has 2 rings (SSSR count). The molecule has 0 saturated heterocycles. The zero-order valence-corrected chi connectivity index (χ0v) is 14.0. The number of benzene rings is 2. The number of aryl methyl sites for hydroxylation is 1. The highest BCUT2D eigenvalue weighted by Crippen LogP contribution is 2.24. The smallest absolute Gasteiger partial charge is 0.261 e. The highest BCUT2D eigenvalue weighted by Gasteiger charge is 2.19. The fourth-order valence-electron chi connectivity index (χ4n) is 2.38. The van der Waals surface area contributed by atoms with Crippen molar-refractivity contribution in [1.82, 2.24) is 5.32 Å². The van der Waals surface area contributed by atoms with Crippen LogP contribution in [0.4, 0.5) is 0 Å². The van der Waals surface area contributed by atoms with Gasteiger partial charge in [0.05, 0.1) is 13.2 Å². The van der Waals surface area contributed by atoms with Gasteiger partial charge in [-0.3, -0.25) is 4.79 Å². The summed E-state index contributed by atoms with van der Waals surface area (Å²) in [6.07, 6.45) is -0.575. The lowest BCUT2D eigenvalue weighted by atomic mass is 10.1. The predicted molar refractivity (Wildman–Crippen MR) is 90.8 cm³/mol. The van der Waals surface area contributed by atoms with E-state index in [1.54, 1.807) is 14.0 Å². The summed E-state index contributed by atoms with van der Waals surface area (Å²) < 4.78 is 11.0. The van der Waals surface area contributed by atoms with Crippen LogP contribution in [0.15, 0.2) is 48.5 Å². The Balaban J connectivity index is 2.00. The summed E-state index contributed by atoms with van der Waals surface area (Å²) in [5.74, 6) is 1.29. The monoisotopic (exact) mass is 313 g/mol. The molecule has 0 spiro atoms. The van der Waals surface area contributed by atoms with Crippen molar-refractivity contribution >= 4 is 5.91 Å². The maximum Gasteiger partial charge on any atom is 0.261 e. The number of hydrogen-bond acceptors (Lipinski definition) is 3. The maximum atomic E-state index is 12.3. The summed E-state index contributed by atoms with van der Waals surface area (Å²) in [4.78, 5) is 12.3. The molecule has 0 aliphatic heterocycles. The molecule has 4 heteroatoms. The lowest BCUT2D eigenvalue weighted by Gasteiger charge is -2.20. The lowest BCUT2D eigenvalue weighted by molar-refractivity contribution is -0.127. The molecule has 2 aromatic rings. The van der Waals surface area contributed by atoms with E-state index in [1.165, 1.54) is 0 Å². The molecule has 2 aromatic carbocycles. The van der Waals surface area contributed by atoms with Gasteiger partial charge in [0.1, 0.15) is 11.5 Å². The van der Waals surface area contributed by atoms with Crippen LogP contribution in [0.5, 0.6) is 11.5 Å². The van der Waals surface area contributed by atoms with E-state index in [9.17, 15) is 4.79 Å². The summed E-state index contributed by atoms with van der Waals surface area (Å²) in [6, 6.07) is 15.1. The van der Waals surface area contributed by atoms with Crippen LogP contribution in [0.25, 0.3) is 0 Å². The van der Waals surface area contributed by atoms with Gasteiger partial charge in [0, 0.05) is 5.56 Å². The standard InChI is InChI=1S/C19H23NO3/c1-13-8-7-9-16(12-13)23-15(3)19(21)20-14(2)17-10-5-6-11-18(17)22-4/h5-12,14-15H,1-4H3,(H,20,21)/t14-,15-/m0/s1. The number of ether oxygens (including phenoxy) is 2. The molecule has 0 heterocycles. The van der Waals surface area contributed by atoms with Gasteiger partial charge >= 0.3 is 0 Å². The molecule has 0 aromatic heterocycles. The first-order valence-corrected chi connectivity index (χ1v) is 7.68. The predicted octanol–water partition coefficient (Wildman–Crippen LogP) is 3.65. The van der Waals surface area contributed by atoms with Gasteiger partial charge in [-0.25, -0.2) is 0 Å². The second-order valence-corrected chi connectivity index (χ2v) is 5.55. The largest absolute Gasteiger partial charge is 0.496 e. The third kappa shape index (κ3) is 4.49. The number of nitrogens with one attached hydrogen (secondary N) is 1. The third-order valence-corrected chi connectivity index (χ3v) is 3.64. The van der Waals surface area contributed by atoms with E-state index in [0.29, 0.717) is 5.75 Å². The van der Waals surface area contributed by atoms with Gasteiger partial charge in [-0.05, 0) is 44.5 Å². The van der Waals surface area contributed by atoms with E-state index in [1.807, 2.05) is 62.4 Å². The minimum Gasteiger partial charge on any atom is -0.496 e. The molecule has 1 amide bonds. The number of para-hydroxylation sites is 1. The van der Waals surface area contributed by atoms with E-state index in [-0.39, 0.29) is 11.9 Å². The normalized spacial score (nSPS) is 13.0. The average molecular weight is 313 g/mol. The third-order valence-electron chi connectivity index (χ3n) is 3.64. The minimum atomic E-state index is -0.575. The van der Waals surface area contributed by atoms with Gasteiger partial charge < -0.3 is 14.8 Å². The first-order valence-electron chi connectivity index (χ1n) is 7.68. The van der Waals surface area contributed by atoms with Crippen LogP contribution >= 0.6 is 0 Å². The zero-order chi connectivity index (χ0) is 16.8. The van der Waals surface area contributed by atoms with Crippen molar-refractivity contribution in [2.45, 2.75) is 32.9 Å². The highest BCUT2D eigenvalue weighted by atomic mass is 16.5. The molecule has 122 valence electrons. The van der Waals surface area contributed by atoms with Gasteiger partial charge in [-0.1, -0.05) is 30.3 Å². The van der Waals surface area contributed by atoms with Crippen LogP contribution in [-0.4, -0.2) is 19.1 Å². The Morgan fingerprint density at radius 2 is 1.83 bits per heavy atom. The number of amides is 1. The van der Waals surface area contributed by atoms with Crippen LogP contribution in [0.2, 0.25) is 0 Å². The topological polar surface area (TPSA) is 47.6 Å². The van der Waals surface area contributed by atoms with Gasteiger partial charge in [0.15, 0.2) is 6.10 Å². The molecule has 23 heavy (non-hydrogen) atoms. The van der Waals surface area contributed by atoms with Gasteiger partial charge in [0.2, 0.25) is 0 Å². The number of rotatable bonds is 6. The van der Waals surface area contributed by atoms with Crippen LogP contribution in [0.3, 0.4) is 0 Å². The highest BCUT2D eigenvalue weighted by molar-refractivity contribution is 5.81. The molecule has 0 aliphatic rings. The Hall–Kier alpha value is -2.49. The molecule has 0 bridgehead atoms. The van der Waals surface area contributed by atoms with E-state index < -0.39 is 6.10 Å². The lowest BCUT2D eigenvalue weighted by Crippen LogP contribution is -2.37. The molecule has 0 unspecified atom stereocenters. The van der Waals surface area contributed by atoms with E-state index >= 15 is 0 Å². The minimum absolute atomic E-state index is 0.162. The van der Waals surface area contributed by atoms with Crippen LogP contribution in [0.1, 0.15) is 31.0 Å². The van der Waals surface area contributed by atoms with Crippen molar-refractivity contribution < 1.29 is 14.3 Å². The van der Waals surface area contributed by atoms with Gasteiger partial charge in [-0.2, -0.15) is 0 Å². The fourth-order valence-corrected chi connectivity index (χ4v) is 2.38. The number of carbonyl (C=O) groups excluding carboxylic acids is 1. The SMILES string of the molecule is COc1ccccc1[C@H](C)NC(=O)[C@H](C)Oc1cccc(C)c1. The Kier molecular flexibility index (Phi) is 5.63. The number of hydrogen-bond donors (Lipinski definition) is 1. The molecular weight excluding hydrogens is 290 g/mol. The molecule has 0 aliphatic carbocycles. The Bertz CT molecular complexity index is 669. The van der Waals surface area contributed by atoms with Crippen LogP contribution in [0, 0.1) is 6.92 Å². The van der Waals surface area contributed by atoms with Gasteiger partial charge in [0.25, 0.3) is 5.91 Å². The first-order chi connectivity index (χ1) is 11.0. The average Bonchev–Trinajstić information content (AvgIpc) is 2.54. The zero-order valence-electron chi connectivity index (χ0n) is 14.0. The summed E-state index contributed by atoms with van der Waals surface area (Å²) in [6.45, 7) is 5.66. The Morgan fingerprint density at radius 3 is 2.52 bits per heavy atom. The Labute approximate surface area is 137 Å². The Morgan fingerprint density at radius 1 is 1.09 bits per heavy atom. The summed E-state index contributed by atoms with van der Waals surface area (Å²) in [5, 5.41) is 2.96. The van der Waals surface area contributed by atoms with Crippen LogP contribution in [-0.2, 0) is 4.79 Å². The van der Waals surface area contributed by atoms with Crippen molar-refractivity contribution in [2.75, 3.05) is 7.11 Å². The summed E-state index contributed by atoms with van der Waals surface area (Å²) >= 11 is 0. The van der Waals surface area contributed by atoms with Crippen molar-refractivity contribution in [3.8, 4) is 11.5 Å². The summed E-state index contributed by atoms with van der Waals surface area (Å²) in [7, 11) is 1.62. The second kappa shape index (κ2) is 7.68. The van der Waals surface area contributed by atoms with Crippen molar-refractivity contribution in [3.05, 3.63) is 59.7 Å². The summed E-state index contributed by atoms with van der Waals surface area (Å²) in [5.41, 5.74) is 2.03. The molecular formula is C19H23NO3. The molecule has 1 N–H and O–H groups in total. The maximum absolute atomic E-state index is 12.3. The van der Waals surface area contributed by atoms with E-state index in [2.05, 4.69) is 5.32 Å². The fraction of sp³-hybridized carbons (Fsp3) is 0.316. The van der Waals surface area contributed by atoms with Crippen molar-refractivity contribution in [1.29, 1.82) is 0 Å². The molecule has 2 atom stereocenters. The van der Waals surface area contributed by atoms with Crippen molar-refractivity contribution in [2.24, 2.45) is 0 Å². The molecule has 0 saturated carbocycles. The second-order valence-electron chi connectivity index (χ2n) is 5.55. The number of methoxy groups -OCH3 is 1.